The van der Waals surface area contributed by atoms with E-state index >= 15 is 0 Å². The van der Waals surface area contributed by atoms with Crippen molar-refractivity contribution in [2.75, 3.05) is 25.3 Å². The summed E-state index contributed by atoms with van der Waals surface area (Å²) in [6.45, 7) is 1.61. The molecule has 0 bridgehead atoms. The van der Waals surface area contributed by atoms with Crippen molar-refractivity contribution < 1.29 is 23.9 Å². The largest absolute Gasteiger partial charge is 0.465 e. The number of carbonyl (C=O) groups is 3. The molecule has 34 heavy (non-hydrogen) atoms. The van der Waals surface area contributed by atoms with Crippen LogP contribution < -0.4 is 5.32 Å². The molecule has 0 saturated carbocycles. The predicted octanol–water partition coefficient (Wildman–Crippen LogP) is 4.70. The highest BCUT2D eigenvalue weighted by Crippen LogP contribution is 2.35. The smallest absolute Gasteiger partial charge is 0.348 e. The number of hydrogen-bond acceptors (Lipinski definition) is 8. The molecule has 10 heteroatoms. The molecule has 1 amide bonds. The van der Waals surface area contributed by atoms with Crippen LogP contribution in [0.5, 0.6) is 0 Å². The molecule has 0 fully saturated rings. The lowest BCUT2D eigenvalue weighted by Crippen LogP contribution is -2.16. The minimum Gasteiger partial charge on any atom is -0.465 e. The molecule has 0 aliphatic rings. The van der Waals surface area contributed by atoms with Crippen LogP contribution in [0.25, 0.3) is 16.7 Å². The van der Waals surface area contributed by atoms with Crippen LogP contribution in [0.2, 0.25) is 0 Å². The summed E-state index contributed by atoms with van der Waals surface area (Å²) < 4.78 is 11.6. The van der Waals surface area contributed by atoms with Crippen molar-refractivity contribution in [1.82, 2.24) is 9.55 Å². The van der Waals surface area contributed by atoms with E-state index < -0.39 is 11.9 Å². The van der Waals surface area contributed by atoms with Gasteiger partial charge in [0, 0.05) is 5.69 Å². The van der Waals surface area contributed by atoms with Crippen molar-refractivity contribution >= 4 is 57.0 Å². The van der Waals surface area contributed by atoms with Gasteiger partial charge in [-0.1, -0.05) is 42.1 Å². The molecule has 4 aromatic rings. The van der Waals surface area contributed by atoms with Crippen molar-refractivity contribution in [3.8, 4) is 5.69 Å². The summed E-state index contributed by atoms with van der Waals surface area (Å²) in [6, 6.07) is 17.5. The third-order valence-corrected chi connectivity index (χ3v) is 7.16. The van der Waals surface area contributed by atoms with Crippen LogP contribution in [-0.2, 0) is 14.3 Å². The Morgan fingerprint density at radius 1 is 1.00 bits per heavy atom. The first-order valence-electron chi connectivity index (χ1n) is 10.2. The van der Waals surface area contributed by atoms with Crippen molar-refractivity contribution in [3.63, 3.8) is 0 Å². The second-order valence-electron chi connectivity index (χ2n) is 7.13. The summed E-state index contributed by atoms with van der Waals surface area (Å²) in [5.41, 5.74) is 3.23. The predicted molar refractivity (Wildman–Crippen MR) is 132 cm³/mol. The van der Waals surface area contributed by atoms with Crippen molar-refractivity contribution in [1.29, 1.82) is 0 Å². The van der Waals surface area contributed by atoms with E-state index in [2.05, 4.69) is 5.32 Å². The second kappa shape index (κ2) is 10.1. The molecule has 1 N–H and O–H groups in total. The van der Waals surface area contributed by atoms with Gasteiger partial charge in [-0.3, -0.25) is 9.36 Å². The van der Waals surface area contributed by atoms with E-state index in [4.69, 9.17) is 14.5 Å². The van der Waals surface area contributed by atoms with E-state index in [9.17, 15) is 14.4 Å². The fourth-order valence-corrected chi connectivity index (χ4v) is 5.41. The molecule has 0 aliphatic heterocycles. The number of fused-ring (bicyclic) bond motifs is 1. The maximum atomic E-state index is 12.8. The number of methoxy groups -OCH3 is 2. The minimum absolute atomic E-state index is 0.0429. The highest BCUT2D eigenvalue weighted by Gasteiger charge is 2.27. The molecule has 8 nitrogen and oxygen atoms in total. The van der Waals surface area contributed by atoms with Crippen LogP contribution in [-0.4, -0.2) is 47.4 Å². The number of imidazole rings is 1. The second-order valence-corrected chi connectivity index (χ2v) is 9.10. The Kier molecular flexibility index (Phi) is 6.99. The van der Waals surface area contributed by atoms with E-state index in [1.54, 1.807) is 6.92 Å². The molecule has 2 heterocycles. The number of esters is 2. The molecule has 0 radical (unpaired) electrons. The topological polar surface area (TPSA) is 99.5 Å². The summed E-state index contributed by atoms with van der Waals surface area (Å²) in [6.07, 6.45) is 0. The quantitative estimate of drug-likeness (QED) is 0.293. The summed E-state index contributed by atoms with van der Waals surface area (Å²) >= 11 is 2.25. The Hall–Kier alpha value is -3.63. The molecule has 4 rings (SSSR count). The summed E-state index contributed by atoms with van der Waals surface area (Å²) in [7, 11) is 2.50. The Labute approximate surface area is 203 Å². The van der Waals surface area contributed by atoms with E-state index in [-0.39, 0.29) is 27.1 Å². The number of benzene rings is 2. The van der Waals surface area contributed by atoms with Crippen LogP contribution in [0, 0.1) is 6.92 Å². The molecule has 0 atom stereocenters. The Balaban J connectivity index is 1.59. The molecule has 0 unspecified atom stereocenters. The Morgan fingerprint density at radius 2 is 1.68 bits per heavy atom. The van der Waals surface area contributed by atoms with Crippen LogP contribution in [0.4, 0.5) is 5.00 Å². The number of rotatable bonds is 7. The van der Waals surface area contributed by atoms with Gasteiger partial charge >= 0.3 is 11.9 Å². The number of ether oxygens (including phenoxy) is 2. The molecular weight excluding hydrogens is 474 g/mol. The first-order valence-corrected chi connectivity index (χ1v) is 12.0. The third-order valence-electron chi connectivity index (χ3n) is 5.04. The van der Waals surface area contributed by atoms with E-state index in [1.807, 2.05) is 59.2 Å². The summed E-state index contributed by atoms with van der Waals surface area (Å²) in [4.78, 5) is 42.1. The lowest BCUT2D eigenvalue weighted by Gasteiger charge is -2.09. The molecule has 2 aromatic heterocycles. The number of thioether (sulfide) groups is 1. The normalized spacial score (nSPS) is 10.8. The fraction of sp³-hybridized carbons (Fsp3) is 0.167. The number of anilines is 1. The first-order chi connectivity index (χ1) is 16.4. The van der Waals surface area contributed by atoms with Gasteiger partial charge in [-0.05, 0) is 36.8 Å². The number of para-hydroxylation sites is 3. The number of nitrogens with zero attached hydrogens (tertiary/aromatic N) is 2. The number of nitrogens with one attached hydrogen (secondary N) is 1. The van der Waals surface area contributed by atoms with Gasteiger partial charge in [0.2, 0.25) is 5.91 Å². The summed E-state index contributed by atoms with van der Waals surface area (Å²) in [5, 5.41) is 3.65. The van der Waals surface area contributed by atoms with Gasteiger partial charge in [-0.2, -0.15) is 0 Å². The summed E-state index contributed by atoms with van der Waals surface area (Å²) in [5.74, 6) is -1.53. The van der Waals surface area contributed by atoms with Crippen molar-refractivity contribution in [2.24, 2.45) is 0 Å². The zero-order valence-electron chi connectivity index (χ0n) is 18.7. The number of aromatic nitrogens is 2. The van der Waals surface area contributed by atoms with Gasteiger partial charge < -0.3 is 14.8 Å². The van der Waals surface area contributed by atoms with Gasteiger partial charge in [0.25, 0.3) is 0 Å². The molecule has 0 aliphatic carbocycles. The lowest BCUT2D eigenvalue weighted by molar-refractivity contribution is -0.113. The zero-order valence-corrected chi connectivity index (χ0v) is 20.3. The maximum Gasteiger partial charge on any atom is 0.348 e. The van der Waals surface area contributed by atoms with Crippen molar-refractivity contribution in [3.05, 3.63) is 70.6 Å². The van der Waals surface area contributed by atoms with Gasteiger partial charge in [0.15, 0.2) is 5.16 Å². The monoisotopic (exact) mass is 495 g/mol. The van der Waals surface area contributed by atoms with Gasteiger partial charge in [0.05, 0.1) is 36.6 Å². The van der Waals surface area contributed by atoms with Crippen molar-refractivity contribution in [2.45, 2.75) is 12.1 Å². The molecule has 0 spiro atoms. The Bertz CT molecular complexity index is 1380. The average molecular weight is 496 g/mol. The highest BCUT2D eigenvalue weighted by molar-refractivity contribution is 7.99. The van der Waals surface area contributed by atoms with Crippen LogP contribution in [0.15, 0.2) is 59.8 Å². The SMILES string of the molecule is COC(=O)c1sc(NC(=O)CSc2nc3ccccc3n2-c2ccccc2)c(C(=O)OC)c1C. The van der Waals surface area contributed by atoms with E-state index in [1.165, 1.54) is 26.0 Å². The number of carbonyl (C=O) groups excluding carboxylic acids is 3. The van der Waals surface area contributed by atoms with E-state index in [0.29, 0.717) is 10.7 Å². The van der Waals surface area contributed by atoms with Gasteiger partial charge in [-0.15, -0.1) is 11.3 Å². The first kappa shape index (κ1) is 23.5. The standard InChI is InChI=1S/C24H21N3O5S2/c1-14-19(22(29)31-2)21(34-20(14)23(30)32-3)26-18(28)13-33-24-25-16-11-7-8-12-17(16)27(24)15-9-5-4-6-10-15/h4-12H,13H2,1-3H3,(H,26,28). The van der Waals surface area contributed by atoms with Gasteiger partial charge in [-0.25, -0.2) is 14.6 Å². The highest BCUT2D eigenvalue weighted by atomic mass is 32.2. The van der Waals surface area contributed by atoms with Gasteiger partial charge in [0.1, 0.15) is 9.88 Å². The maximum absolute atomic E-state index is 12.8. The van der Waals surface area contributed by atoms with Crippen LogP contribution >= 0.6 is 23.1 Å². The lowest BCUT2D eigenvalue weighted by atomic mass is 10.1. The van der Waals surface area contributed by atoms with E-state index in [0.717, 1.165) is 28.1 Å². The number of amides is 1. The minimum atomic E-state index is -0.641. The molecular formula is C24H21N3O5S2. The molecule has 2 aromatic carbocycles. The molecule has 174 valence electrons. The van der Waals surface area contributed by atoms with Crippen LogP contribution in [0.3, 0.4) is 0 Å². The molecule has 0 saturated heterocycles. The Morgan fingerprint density at radius 3 is 2.38 bits per heavy atom. The third kappa shape index (κ3) is 4.55. The fourth-order valence-electron chi connectivity index (χ4n) is 3.46. The van der Waals surface area contributed by atoms with Crippen LogP contribution in [0.1, 0.15) is 25.6 Å². The zero-order chi connectivity index (χ0) is 24.2. The number of thiophene rings is 1. The average Bonchev–Trinajstić information content (AvgIpc) is 3.39. The number of hydrogen-bond donors (Lipinski definition) is 1.